The average Bonchev–Trinajstić information content (AvgIpc) is 3.33. The minimum absolute atomic E-state index is 0.0807. The fourth-order valence-corrected chi connectivity index (χ4v) is 4.78. The van der Waals surface area contributed by atoms with E-state index in [1.165, 1.54) is 12.0 Å². The van der Waals surface area contributed by atoms with E-state index in [-0.39, 0.29) is 11.9 Å². The Hall–Kier alpha value is -2.95. The van der Waals surface area contributed by atoms with Crippen LogP contribution in [0.1, 0.15) is 59.9 Å². The molecule has 0 spiro atoms. The summed E-state index contributed by atoms with van der Waals surface area (Å²) in [4.78, 5) is 24.8. The third kappa shape index (κ3) is 3.35. The van der Waals surface area contributed by atoms with Crippen molar-refractivity contribution >= 4 is 5.91 Å². The molecule has 0 aliphatic carbocycles. The van der Waals surface area contributed by atoms with Gasteiger partial charge in [-0.05, 0) is 49.8 Å². The van der Waals surface area contributed by atoms with Crippen molar-refractivity contribution in [1.82, 2.24) is 19.4 Å². The Morgan fingerprint density at radius 2 is 1.76 bits per heavy atom. The fourth-order valence-electron chi connectivity index (χ4n) is 4.78. The van der Waals surface area contributed by atoms with Crippen molar-refractivity contribution in [3.05, 3.63) is 71.8 Å². The number of amides is 1. The third-order valence-corrected chi connectivity index (χ3v) is 6.21. The lowest BCUT2D eigenvalue weighted by molar-refractivity contribution is 0.0729. The summed E-state index contributed by atoms with van der Waals surface area (Å²) in [6.45, 7) is 1.73. The quantitative estimate of drug-likeness (QED) is 0.658. The van der Waals surface area contributed by atoms with Crippen LogP contribution in [-0.2, 0) is 13.0 Å². The number of imidazole rings is 1. The molecule has 2 aliphatic rings. The highest BCUT2D eigenvalue weighted by Gasteiger charge is 2.34. The zero-order valence-corrected chi connectivity index (χ0v) is 16.6. The van der Waals surface area contributed by atoms with Gasteiger partial charge in [0.15, 0.2) is 0 Å². The van der Waals surface area contributed by atoms with Crippen LogP contribution < -0.4 is 0 Å². The normalized spacial score (nSPS) is 19.0. The summed E-state index contributed by atoms with van der Waals surface area (Å²) < 4.78 is 2.30. The number of hydrogen-bond acceptors (Lipinski definition) is 3. The fraction of sp³-hybridized carbons (Fsp3) is 0.375. The second-order valence-corrected chi connectivity index (χ2v) is 8.00. The topological polar surface area (TPSA) is 51.0 Å². The summed E-state index contributed by atoms with van der Waals surface area (Å²) in [5, 5.41) is 0. The standard InChI is InChI=1S/C24H26N4O/c29-24(28-17-7-11-20(28)18-12-14-25-15-13-18)22-21-10-5-2-6-16-27(21)23(26-22)19-8-3-1-4-9-19/h1,3-4,8-9,12-15,20H,2,5-7,10-11,16-17H2. The Bertz CT molecular complexity index is 996. The molecular weight excluding hydrogens is 360 g/mol. The first kappa shape index (κ1) is 18.1. The Morgan fingerprint density at radius 1 is 0.931 bits per heavy atom. The van der Waals surface area contributed by atoms with Gasteiger partial charge in [-0.25, -0.2) is 4.98 Å². The second kappa shape index (κ2) is 7.82. The number of likely N-dealkylation sites (tertiary alicyclic amines) is 1. The highest BCUT2D eigenvalue weighted by atomic mass is 16.2. The molecule has 1 fully saturated rings. The molecule has 1 atom stereocenters. The monoisotopic (exact) mass is 386 g/mol. The van der Waals surface area contributed by atoms with Crippen LogP contribution in [-0.4, -0.2) is 31.9 Å². The highest BCUT2D eigenvalue weighted by Crippen LogP contribution is 2.35. The van der Waals surface area contributed by atoms with Crippen LogP contribution in [0.15, 0.2) is 54.9 Å². The Balaban J connectivity index is 1.55. The molecule has 5 nitrogen and oxygen atoms in total. The van der Waals surface area contributed by atoms with Gasteiger partial charge in [0.1, 0.15) is 11.5 Å². The molecule has 29 heavy (non-hydrogen) atoms. The summed E-state index contributed by atoms with van der Waals surface area (Å²) in [5.74, 6) is 1.02. The maximum atomic E-state index is 13.7. The van der Waals surface area contributed by atoms with E-state index in [1.54, 1.807) is 0 Å². The molecule has 4 heterocycles. The number of fused-ring (bicyclic) bond motifs is 1. The largest absolute Gasteiger partial charge is 0.330 e. The zero-order valence-electron chi connectivity index (χ0n) is 16.6. The third-order valence-electron chi connectivity index (χ3n) is 6.21. The smallest absolute Gasteiger partial charge is 0.274 e. The maximum Gasteiger partial charge on any atom is 0.274 e. The lowest BCUT2D eigenvalue weighted by atomic mass is 10.1. The first-order valence-electron chi connectivity index (χ1n) is 10.7. The van der Waals surface area contributed by atoms with E-state index in [0.717, 1.165) is 62.3 Å². The van der Waals surface area contributed by atoms with Gasteiger partial charge < -0.3 is 9.47 Å². The molecule has 0 radical (unpaired) electrons. The van der Waals surface area contributed by atoms with Crippen LogP contribution >= 0.6 is 0 Å². The van der Waals surface area contributed by atoms with Crippen LogP contribution in [0.3, 0.4) is 0 Å². The maximum absolute atomic E-state index is 13.7. The van der Waals surface area contributed by atoms with Crippen molar-refractivity contribution in [3.8, 4) is 11.4 Å². The summed E-state index contributed by atoms with van der Waals surface area (Å²) in [5.41, 5.74) is 4.03. The predicted molar refractivity (Wildman–Crippen MR) is 112 cm³/mol. The van der Waals surface area contributed by atoms with E-state index in [9.17, 15) is 4.79 Å². The van der Waals surface area contributed by atoms with Gasteiger partial charge in [0.25, 0.3) is 5.91 Å². The Labute approximate surface area is 171 Å². The minimum atomic E-state index is 0.0807. The molecule has 148 valence electrons. The van der Waals surface area contributed by atoms with Crippen molar-refractivity contribution in [2.24, 2.45) is 0 Å². The van der Waals surface area contributed by atoms with Crippen LogP contribution in [0.2, 0.25) is 0 Å². The molecule has 1 saturated heterocycles. The second-order valence-electron chi connectivity index (χ2n) is 8.00. The Kier molecular flexibility index (Phi) is 4.88. The lowest BCUT2D eigenvalue weighted by Gasteiger charge is -2.24. The number of benzene rings is 1. The van der Waals surface area contributed by atoms with E-state index in [1.807, 2.05) is 47.6 Å². The molecule has 3 aromatic rings. The van der Waals surface area contributed by atoms with Crippen molar-refractivity contribution < 1.29 is 4.79 Å². The van der Waals surface area contributed by atoms with E-state index >= 15 is 0 Å². The molecule has 5 rings (SSSR count). The molecule has 2 aromatic heterocycles. The average molecular weight is 386 g/mol. The van der Waals surface area contributed by atoms with Gasteiger partial charge in [-0.3, -0.25) is 9.78 Å². The summed E-state index contributed by atoms with van der Waals surface area (Å²) in [6.07, 6.45) is 10.0. The number of nitrogens with zero attached hydrogens (tertiary/aromatic N) is 4. The molecule has 0 saturated carbocycles. The van der Waals surface area contributed by atoms with E-state index in [2.05, 4.69) is 21.7 Å². The number of aromatic nitrogens is 3. The van der Waals surface area contributed by atoms with Crippen LogP contribution in [0.4, 0.5) is 0 Å². The van der Waals surface area contributed by atoms with E-state index < -0.39 is 0 Å². The summed E-state index contributed by atoms with van der Waals surface area (Å²) in [7, 11) is 0. The molecule has 1 aromatic carbocycles. The first-order valence-corrected chi connectivity index (χ1v) is 10.7. The number of rotatable bonds is 3. The van der Waals surface area contributed by atoms with E-state index in [0.29, 0.717) is 5.69 Å². The molecule has 5 heteroatoms. The number of carbonyl (C=O) groups excluding carboxylic acids is 1. The summed E-state index contributed by atoms with van der Waals surface area (Å²) in [6, 6.07) is 14.4. The van der Waals surface area contributed by atoms with E-state index in [4.69, 9.17) is 4.98 Å². The van der Waals surface area contributed by atoms with Gasteiger partial charge in [0.2, 0.25) is 0 Å². The van der Waals surface area contributed by atoms with Crippen LogP contribution in [0.25, 0.3) is 11.4 Å². The molecule has 0 N–H and O–H groups in total. The van der Waals surface area contributed by atoms with Gasteiger partial charge in [-0.2, -0.15) is 0 Å². The predicted octanol–water partition coefficient (Wildman–Crippen LogP) is 4.65. The van der Waals surface area contributed by atoms with Crippen LogP contribution in [0.5, 0.6) is 0 Å². The van der Waals surface area contributed by atoms with Gasteiger partial charge >= 0.3 is 0 Å². The van der Waals surface area contributed by atoms with Gasteiger partial charge in [0, 0.05) is 31.0 Å². The van der Waals surface area contributed by atoms with Crippen molar-refractivity contribution in [2.45, 2.75) is 51.1 Å². The van der Waals surface area contributed by atoms with Crippen molar-refractivity contribution in [3.63, 3.8) is 0 Å². The van der Waals surface area contributed by atoms with Crippen molar-refractivity contribution in [2.75, 3.05) is 6.54 Å². The first-order chi connectivity index (χ1) is 14.3. The molecular formula is C24H26N4O. The highest BCUT2D eigenvalue weighted by molar-refractivity contribution is 5.95. The van der Waals surface area contributed by atoms with Gasteiger partial charge in [-0.15, -0.1) is 0 Å². The molecule has 2 aliphatic heterocycles. The molecule has 1 unspecified atom stereocenters. The number of pyridine rings is 1. The Morgan fingerprint density at radius 3 is 2.59 bits per heavy atom. The molecule has 0 bridgehead atoms. The molecule has 1 amide bonds. The van der Waals surface area contributed by atoms with Gasteiger partial charge in [0.05, 0.1) is 11.7 Å². The van der Waals surface area contributed by atoms with Crippen molar-refractivity contribution in [1.29, 1.82) is 0 Å². The minimum Gasteiger partial charge on any atom is -0.330 e. The number of carbonyl (C=O) groups is 1. The van der Waals surface area contributed by atoms with Gasteiger partial charge in [-0.1, -0.05) is 36.8 Å². The lowest BCUT2D eigenvalue weighted by Crippen LogP contribution is -2.31. The zero-order chi connectivity index (χ0) is 19.6. The SMILES string of the molecule is O=C(c1nc(-c2ccccc2)n2c1CCCCC2)N1CCCC1c1ccncc1. The van der Waals surface area contributed by atoms with Crippen LogP contribution in [0, 0.1) is 0 Å². The number of hydrogen-bond donors (Lipinski definition) is 0. The summed E-state index contributed by atoms with van der Waals surface area (Å²) >= 11 is 0.